The molecule has 0 bridgehead atoms. The molecule has 2 saturated carbocycles. The molecular formula is C64H76N2O12S2. The van der Waals surface area contributed by atoms with Crippen molar-refractivity contribution in [2.45, 2.75) is 177 Å². The average molecular weight is 1130 g/mol. The van der Waals surface area contributed by atoms with Crippen LogP contribution in [0.5, 0.6) is 23.0 Å². The molecule has 1 aliphatic heterocycles. The van der Waals surface area contributed by atoms with E-state index in [0.29, 0.717) is 103 Å². The van der Waals surface area contributed by atoms with Gasteiger partial charge in [-0.15, -0.1) is 13.2 Å². The third kappa shape index (κ3) is 20.8. The standard InChI is InChI=1S/C64H76N2O12S2/c1-3-5-7-9-11-13-15-17-19-56(67)73-41-39-45-21-33-52(34-22-45)75-60(69)47-25-29-49(30-26-47)62(71)77-54-37-38-55(59-58(54)79-64(80-59)51(43-65)44-66)78-63(72)50-31-27-48(28-32-50)61(70)76-53-35-23-46(24-36-53)40-42-74-57(68)20-18-16-14-12-10-8-6-4-2/h3-4,21-24,33-38,47-50H,1-2,5-20,25-32,39-42H2. The van der Waals surface area contributed by atoms with Crippen LogP contribution < -0.4 is 18.9 Å². The highest BCUT2D eigenvalue weighted by molar-refractivity contribution is 8.24. The van der Waals surface area contributed by atoms with E-state index < -0.39 is 35.6 Å². The smallest absolute Gasteiger partial charge is 0.314 e. The summed E-state index contributed by atoms with van der Waals surface area (Å²) in [5.74, 6) is -2.66. The summed E-state index contributed by atoms with van der Waals surface area (Å²) in [6.45, 7) is 8.06. The Kier molecular flexibility index (Phi) is 27.0. The molecule has 2 aliphatic carbocycles. The first-order valence-electron chi connectivity index (χ1n) is 28.6. The maximum Gasteiger partial charge on any atom is 0.314 e. The number of ether oxygens (including phenoxy) is 6. The minimum atomic E-state index is -0.490. The lowest BCUT2D eigenvalue weighted by atomic mass is 9.82. The monoisotopic (exact) mass is 1130 g/mol. The van der Waals surface area contributed by atoms with Crippen LogP contribution in [-0.4, -0.2) is 49.0 Å². The highest BCUT2D eigenvalue weighted by Crippen LogP contribution is 2.59. The second-order valence-electron chi connectivity index (χ2n) is 20.7. The van der Waals surface area contributed by atoms with Gasteiger partial charge in [-0.05, 0) is 137 Å². The molecule has 0 spiro atoms. The van der Waals surface area contributed by atoms with Gasteiger partial charge < -0.3 is 28.4 Å². The Morgan fingerprint density at radius 2 is 0.787 bits per heavy atom. The first-order chi connectivity index (χ1) is 39.0. The quantitative estimate of drug-likeness (QED) is 0.0187. The van der Waals surface area contributed by atoms with Crippen LogP contribution in [0.15, 0.2) is 106 Å². The fraction of sp³-hybridized carbons (Fsp3) is 0.500. The van der Waals surface area contributed by atoms with E-state index in [1.807, 2.05) is 48.6 Å². The molecule has 0 unspecified atom stereocenters. The zero-order valence-electron chi connectivity index (χ0n) is 46.1. The van der Waals surface area contributed by atoms with Gasteiger partial charge in [-0.2, -0.15) is 10.5 Å². The van der Waals surface area contributed by atoms with E-state index in [9.17, 15) is 39.3 Å². The molecule has 0 amide bonds. The molecule has 1 heterocycles. The number of fused-ring (bicyclic) bond motifs is 1. The summed E-state index contributed by atoms with van der Waals surface area (Å²) in [6.07, 6.45) is 24.2. The number of carbonyl (C=O) groups excluding carboxylic acids is 6. The van der Waals surface area contributed by atoms with Gasteiger partial charge in [0, 0.05) is 25.7 Å². The van der Waals surface area contributed by atoms with Gasteiger partial charge in [0.05, 0.1) is 50.9 Å². The van der Waals surface area contributed by atoms with Crippen LogP contribution in [0.2, 0.25) is 0 Å². The lowest BCUT2D eigenvalue weighted by Crippen LogP contribution is -2.30. The van der Waals surface area contributed by atoms with Crippen LogP contribution in [0.4, 0.5) is 0 Å². The molecule has 0 N–H and O–H groups in total. The van der Waals surface area contributed by atoms with Crippen molar-refractivity contribution in [1.29, 1.82) is 10.5 Å². The molecule has 0 radical (unpaired) electrons. The largest absolute Gasteiger partial charge is 0.465 e. The Hall–Kier alpha value is -6.62. The molecular weight excluding hydrogens is 1050 g/mol. The van der Waals surface area contributed by atoms with Crippen molar-refractivity contribution in [3.63, 3.8) is 0 Å². The zero-order valence-corrected chi connectivity index (χ0v) is 47.7. The van der Waals surface area contributed by atoms with E-state index in [0.717, 1.165) is 86.0 Å². The molecule has 426 valence electrons. The number of nitriles is 2. The van der Waals surface area contributed by atoms with Crippen LogP contribution in [0, 0.1) is 46.3 Å². The van der Waals surface area contributed by atoms with Crippen molar-refractivity contribution < 1.29 is 57.2 Å². The van der Waals surface area contributed by atoms with Crippen molar-refractivity contribution in [3.05, 3.63) is 107 Å². The maximum atomic E-state index is 13.7. The Balaban J connectivity index is 0.902. The van der Waals surface area contributed by atoms with Crippen molar-refractivity contribution in [3.8, 4) is 35.1 Å². The number of thioether (sulfide) groups is 2. The predicted octanol–water partition coefficient (Wildman–Crippen LogP) is 14.6. The van der Waals surface area contributed by atoms with Crippen molar-refractivity contribution in [2.75, 3.05) is 13.2 Å². The molecule has 16 heteroatoms. The maximum absolute atomic E-state index is 13.7. The fourth-order valence-corrected chi connectivity index (χ4v) is 12.4. The van der Waals surface area contributed by atoms with Gasteiger partial charge in [0.25, 0.3) is 0 Å². The van der Waals surface area contributed by atoms with E-state index >= 15 is 0 Å². The van der Waals surface area contributed by atoms with Gasteiger partial charge >= 0.3 is 35.8 Å². The van der Waals surface area contributed by atoms with Crippen molar-refractivity contribution in [1.82, 2.24) is 0 Å². The SMILES string of the molecule is C=CCCCCCCCCC(=O)OCCc1ccc(OC(=O)C2CCC(C(=O)Oc3ccc(OC(=O)C4CCC(C(=O)Oc5ccc(CCOC(=O)CCCCCCCCC=C)cc5)CC4)c4c3SC(=C(C#N)C#N)S4)CC2)cc1. The second kappa shape index (κ2) is 34.5. The van der Waals surface area contributed by atoms with Crippen molar-refractivity contribution >= 4 is 59.3 Å². The van der Waals surface area contributed by atoms with Gasteiger partial charge in [-0.1, -0.05) is 111 Å². The van der Waals surface area contributed by atoms with Gasteiger partial charge in [-0.25, -0.2) is 0 Å². The van der Waals surface area contributed by atoms with Crippen LogP contribution in [0.1, 0.15) is 165 Å². The van der Waals surface area contributed by atoms with Crippen LogP contribution >= 0.6 is 23.5 Å². The molecule has 3 aromatic rings. The van der Waals surface area contributed by atoms with Crippen LogP contribution in [0.25, 0.3) is 0 Å². The van der Waals surface area contributed by atoms with Crippen molar-refractivity contribution in [2.24, 2.45) is 23.7 Å². The zero-order chi connectivity index (χ0) is 56.9. The highest BCUT2D eigenvalue weighted by atomic mass is 32.2. The van der Waals surface area contributed by atoms with Crippen LogP contribution in [-0.2, 0) is 51.1 Å². The number of rotatable bonds is 32. The summed E-state index contributed by atoms with van der Waals surface area (Å²) in [6, 6.07) is 21.2. The fourth-order valence-electron chi connectivity index (χ4n) is 9.91. The summed E-state index contributed by atoms with van der Waals surface area (Å²) < 4.78 is 34.6. The lowest BCUT2D eigenvalue weighted by Gasteiger charge is -2.26. The number of nitrogens with zero attached hydrogens (tertiary/aromatic N) is 2. The van der Waals surface area contributed by atoms with Gasteiger partial charge in [-0.3, -0.25) is 28.8 Å². The molecule has 0 atom stereocenters. The number of esters is 6. The number of benzene rings is 3. The number of carbonyl (C=O) groups is 6. The number of hydrogen-bond donors (Lipinski definition) is 0. The Labute approximate surface area is 480 Å². The Morgan fingerprint density at radius 3 is 1.12 bits per heavy atom. The predicted molar refractivity (Wildman–Crippen MR) is 306 cm³/mol. The number of allylic oxidation sites excluding steroid dienone is 3. The van der Waals surface area contributed by atoms with E-state index in [1.165, 1.54) is 50.7 Å². The third-order valence-electron chi connectivity index (χ3n) is 14.7. The Morgan fingerprint density at radius 1 is 0.463 bits per heavy atom. The number of unbranched alkanes of at least 4 members (excludes halogenated alkanes) is 12. The molecule has 3 aromatic carbocycles. The third-order valence-corrected chi connectivity index (χ3v) is 17.4. The minimum absolute atomic E-state index is 0.131. The van der Waals surface area contributed by atoms with Gasteiger partial charge in [0.15, 0.2) is 0 Å². The molecule has 3 aliphatic rings. The van der Waals surface area contributed by atoms with E-state index in [1.54, 1.807) is 24.3 Å². The summed E-state index contributed by atoms with van der Waals surface area (Å²) in [5, 5.41) is 19.4. The Bertz CT molecular complexity index is 2510. The highest BCUT2D eigenvalue weighted by Gasteiger charge is 2.37. The number of hydrogen-bond acceptors (Lipinski definition) is 16. The molecule has 2 fully saturated rings. The summed E-state index contributed by atoms with van der Waals surface area (Å²) in [7, 11) is 0. The van der Waals surface area contributed by atoms with Gasteiger partial charge in [0.2, 0.25) is 0 Å². The topological polar surface area (TPSA) is 205 Å². The molecule has 6 rings (SSSR count). The molecule has 0 aromatic heterocycles. The summed E-state index contributed by atoms with van der Waals surface area (Å²) in [5.41, 5.74) is 1.77. The molecule has 14 nitrogen and oxygen atoms in total. The van der Waals surface area contributed by atoms with E-state index in [2.05, 4.69) is 13.2 Å². The normalized spacial score (nSPS) is 17.4. The molecule has 80 heavy (non-hydrogen) atoms. The van der Waals surface area contributed by atoms with Gasteiger partial charge in [0.1, 0.15) is 40.7 Å². The minimum Gasteiger partial charge on any atom is -0.465 e. The first kappa shape index (κ1) is 62.6. The summed E-state index contributed by atoms with van der Waals surface area (Å²) in [4.78, 5) is 78.9. The summed E-state index contributed by atoms with van der Waals surface area (Å²) >= 11 is 2.18. The molecule has 0 saturated heterocycles. The lowest BCUT2D eigenvalue weighted by molar-refractivity contribution is -0.145. The average Bonchev–Trinajstić information content (AvgIpc) is 3.95. The van der Waals surface area contributed by atoms with E-state index in [4.69, 9.17) is 28.4 Å². The van der Waals surface area contributed by atoms with Crippen LogP contribution in [0.3, 0.4) is 0 Å². The first-order valence-corrected chi connectivity index (χ1v) is 30.3. The van der Waals surface area contributed by atoms with E-state index in [-0.39, 0.29) is 54.2 Å². The second-order valence-corrected chi connectivity index (χ2v) is 23.0.